The van der Waals surface area contributed by atoms with Crippen LogP contribution in [-0.2, 0) is 12.0 Å². The lowest BCUT2D eigenvalue weighted by Gasteiger charge is -2.25. The molecule has 1 aliphatic rings. The zero-order valence-corrected chi connectivity index (χ0v) is 27.2. The van der Waals surface area contributed by atoms with E-state index in [1.165, 1.54) is 6.07 Å². The van der Waals surface area contributed by atoms with Crippen molar-refractivity contribution in [1.82, 2.24) is 20.0 Å². The Morgan fingerprint density at radius 3 is 2.58 bits per heavy atom. The Kier molecular flexibility index (Phi) is 9.55. The van der Waals surface area contributed by atoms with Gasteiger partial charge in [-0.3, -0.25) is 5.32 Å². The second kappa shape index (κ2) is 13.5. The van der Waals surface area contributed by atoms with Crippen molar-refractivity contribution in [3.8, 4) is 11.4 Å². The summed E-state index contributed by atoms with van der Waals surface area (Å²) in [4.78, 5) is 17.0. The van der Waals surface area contributed by atoms with Crippen molar-refractivity contribution in [3.63, 3.8) is 0 Å². The van der Waals surface area contributed by atoms with E-state index in [2.05, 4.69) is 36.5 Å². The highest BCUT2D eigenvalue weighted by Gasteiger charge is 2.22. The standard InChI is InChI=1S/C34H36ClN7O2S/c1-22-11-13-24(14-12-22)42-31(19-30(40-42)34(2,3)4)38-33(44)37-20-23-8-5-6-10-29(23)45-26-9-7-17-41(21-26)32(39-36)27-16-15-25(43)18-28(27)35/h5-16,18-19,21,43H,17,20,36H2,1-4H3,(H2,37,38,44)/b39-32-. The van der Waals surface area contributed by atoms with Crippen LogP contribution in [0, 0.1) is 6.92 Å². The monoisotopic (exact) mass is 641 g/mol. The van der Waals surface area contributed by atoms with Gasteiger partial charge in [0.25, 0.3) is 0 Å². The summed E-state index contributed by atoms with van der Waals surface area (Å²) in [7, 11) is 0. The zero-order chi connectivity index (χ0) is 32.1. The first-order valence-corrected chi connectivity index (χ1v) is 15.6. The van der Waals surface area contributed by atoms with Crippen molar-refractivity contribution < 1.29 is 9.90 Å². The molecule has 0 radical (unpaired) electrons. The van der Waals surface area contributed by atoms with Crippen LogP contribution in [0.2, 0.25) is 5.02 Å². The van der Waals surface area contributed by atoms with Crippen LogP contribution in [0.4, 0.5) is 10.6 Å². The fourth-order valence-electron chi connectivity index (χ4n) is 4.66. The fraction of sp³-hybridized carbons (Fsp3) is 0.206. The van der Waals surface area contributed by atoms with E-state index < -0.39 is 0 Å². The number of hydrogen-bond acceptors (Lipinski definition) is 6. The molecule has 5 N–H and O–H groups in total. The summed E-state index contributed by atoms with van der Waals surface area (Å²) in [6.45, 7) is 9.18. The van der Waals surface area contributed by atoms with E-state index in [1.807, 2.05) is 84.8 Å². The molecule has 0 bridgehead atoms. The van der Waals surface area contributed by atoms with Gasteiger partial charge >= 0.3 is 6.03 Å². The lowest BCUT2D eigenvalue weighted by molar-refractivity contribution is 0.251. The molecule has 0 unspecified atom stereocenters. The van der Waals surface area contributed by atoms with E-state index in [-0.39, 0.29) is 17.2 Å². The van der Waals surface area contributed by atoms with E-state index >= 15 is 0 Å². The van der Waals surface area contributed by atoms with Gasteiger partial charge in [-0.25, -0.2) is 9.48 Å². The molecule has 5 rings (SSSR count). The molecule has 0 atom stereocenters. The molecule has 0 saturated heterocycles. The number of amides is 2. The summed E-state index contributed by atoms with van der Waals surface area (Å²) in [5, 5.41) is 24.9. The molecular formula is C34H36ClN7O2S. The average molecular weight is 642 g/mol. The van der Waals surface area contributed by atoms with E-state index in [0.29, 0.717) is 35.3 Å². The van der Waals surface area contributed by atoms with Gasteiger partial charge in [0.1, 0.15) is 11.6 Å². The normalized spacial score (nSPS) is 13.5. The van der Waals surface area contributed by atoms with Gasteiger partial charge in [0.15, 0.2) is 5.84 Å². The van der Waals surface area contributed by atoms with Crippen molar-refractivity contribution in [2.24, 2.45) is 10.9 Å². The van der Waals surface area contributed by atoms with Crippen LogP contribution in [-0.4, -0.2) is 38.2 Å². The second-order valence-corrected chi connectivity index (χ2v) is 13.2. The molecule has 0 spiro atoms. The number of allylic oxidation sites excluding steroid dienone is 1. The fourth-order valence-corrected chi connectivity index (χ4v) is 5.93. The van der Waals surface area contributed by atoms with Gasteiger partial charge in [-0.15, -0.1) is 0 Å². The molecule has 45 heavy (non-hydrogen) atoms. The SMILES string of the molecule is Cc1ccc(-n2nc(C(C)(C)C)cc2NC(=O)NCc2ccccc2SC2=CN(/C(=N\N)c3ccc(O)cc3Cl)CC=C2)cc1. The smallest absolute Gasteiger partial charge is 0.320 e. The van der Waals surface area contributed by atoms with Gasteiger partial charge in [0, 0.05) is 46.1 Å². The first kappa shape index (κ1) is 31.7. The van der Waals surface area contributed by atoms with Crippen LogP contribution >= 0.6 is 23.4 Å². The maximum absolute atomic E-state index is 13.2. The molecule has 1 aliphatic heterocycles. The van der Waals surface area contributed by atoms with Crippen molar-refractivity contribution in [2.75, 3.05) is 11.9 Å². The number of phenols is 1. The number of thioether (sulfide) groups is 1. The van der Waals surface area contributed by atoms with Crippen LogP contribution in [0.1, 0.15) is 43.2 Å². The summed E-state index contributed by atoms with van der Waals surface area (Å²) in [5.74, 6) is 6.91. The van der Waals surface area contributed by atoms with E-state index in [4.69, 9.17) is 22.5 Å². The van der Waals surface area contributed by atoms with Crippen LogP contribution in [0.15, 0.2) is 106 Å². The highest BCUT2D eigenvalue weighted by atomic mass is 35.5. The summed E-state index contributed by atoms with van der Waals surface area (Å²) >= 11 is 7.94. The number of aryl methyl sites for hydroxylation is 1. The first-order chi connectivity index (χ1) is 21.5. The number of aromatic nitrogens is 2. The number of amidine groups is 1. The molecule has 0 fully saturated rings. The van der Waals surface area contributed by atoms with Crippen molar-refractivity contribution in [2.45, 2.75) is 44.6 Å². The van der Waals surface area contributed by atoms with Gasteiger partial charge < -0.3 is 21.2 Å². The molecule has 9 nitrogen and oxygen atoms in total. The third-order valence-corrected chi connectivity index (χ3v) is 8.50. The Balaban J connectivity index is 1.29. The maximum Gasteiger partial charge on any atom is 0.320 e. The van der Waals surface area contributed by atoms with Crippen LogP contribution < -0.4 is 16.5 Å². The van der Waals surface area contributed by atoms with Gasteiger partial charge in [-0.1, -0.05) is 86.1 Å². The van der Waals surface area contributed by atoms with Gasteiger partial charge in [0.2, 0.25) is 0 Å². The topological polar surface area (TPSA) is 121 Å². The number of halogens is 1. The number of urea groups is 1. The Hall–Kier alpha value is -4.67. The van der Waals surface area contributed by atoms with Crippen molar-refractivity contribution in [3.05, 3.63) is 123 Å². The number of hydrazone groups is 1. The molecule has 3 aromatic carbocycles. The Morgan fingerprint density at radius 1 is 1.11 bits per heavy atom. The number of anilines is 1. The van der Waals surface area contributed by atoms with Crippen LogP contribution in [0.25, 0.3) is 5.69 Å². The third kappa shape index (κ3) is 7.71. The number of benzene rings is 3. The molecule has 232 valence electrons. The summed E-state index contributed by atoms with van der Waals surface area (Å²) < 4.78 is 1.77. The number of carbonyl (C=O) groups is 1. The highest BCUT2D eigenvalue weighted by Crippen LogP contribution is 2.33. The lowest BCUT2D eigenvalue weighted by Crippen LogP contribution is -2.30. The van der Waals surface area contributed by atoms with Crippen molar-refractivity contribution >= 4 is 41.0 Å². The second-order valence-electron chi connectivity index (χ2n) is 11.6. The first-order valence-electron chi connectivity index (χ1n) is 14.4. The van der Waals surface area contributed by atoms with Crippen molar-refractivity contribution in [1.29, 1.82) is 0 Å². The Bertz CT molecular complexity index is 1790. The predicted octanol–water partition coefficient (Wildman–Crippen LogP) is 7.28. The number of hydrogen-bond donors (Lipinski definition) is 4. The number of carbonyl (C=O) groups excluding carboxylic acids is 1. The molecule has 2 heterocycles. The number of nitrogens with two attached hydrogens (primary N) is 1. The highest BCUT2D eigenvalue weighted by molar-refractivity contribution is 8.03. The number of nitrogens with one attached hydrogen (secondary N) is 2. The quantitative estimate of drug-likeness (QED) is 0.0728. The lowest BCUT2D eigenvalue weighted by atomic mass is 9.92. The number of rotatable bonds is 7. The molecule has 0 saturated carbocycles. The molecule has 0 aliphatic carbocycles. The van der Waals surface area contributed by atoms with E-state index in [9.17, 15) is 9.90 Å². The van der Waals surface area contributed by atoms with Crippen LogP contribution in [0.5, 0.6) is 5.75 Å². The van der Waals surface area contributed by atoms with Gasteiger partial charge in [-0.05, 0) is 55.0 Å². The van der Waals surface area contributed by atoms with E-state index in [0.717, 1.165) is 32.3 Å². The predicted molar refractivity (Wildman–Crippen MR) is 183 cm³/mol. The van der Waals surface area contributed by atoms with E-state index in [1.54, 1.807) is 28.6 Å². The van der Waals surface area contributed by atoms with Gasteiger partial charge in [-0.2, -0.15) is 10.2 Å². The Labute approximate surface area is 272 Å². The molecule has 4 aromatic rings. The summed E-state index contributed by atoms with van der Waals surface area (Å²) in [6.07, 6.45) is 6.00. The molecular weight excluding hydrogens is 606 g/mol. The minimum absolute atomic E-state index is 0.0656. The largest absolute Gasteiger partial charge is 0.508 e. The minimum atomic E-state index is -0.332. The average Bonchev–Trinajstić information content (AvgIpc) is 3.43. The minimum Gasteiger partial charge on any atom is -0.508 e. The maximum atomic E-state index is 13.2. The third-order valence-electron chi connectivity index (χ3n) is 7.09. The zero-order valence-electron chi connectivity index (χ0n) is 25.6. The number of phenolic OH excluding ortho intramolecular Hbond substituents is 1. The number of nitrogens with zero attached hydrogens (tertiary/aromatic N) is 4. The summed E-state index contributed by atoms with van der Waals surface area (Å²) in [5.41, 5.74) is 4.27. The van der Waals surface area contributed by atoms with Gasteiger partial charge in [0.05, 0.1) is 16.4 Å². The van der Waals surface area contributed by atoms with Crippen LogP contribution in [0.3, 0.4) is 0 Å². The molecule has 1 aromatic heterocycles. The molecule has 11 heteroatoms. The Morgan fingerprint density at radius 2 is 1.87 bits per heavy atom. The number of aromatic hydroxyl groups is 1. The summed E-state index contributed by atoms with van der Waals surface area (Å²) in [6, 6.07) is 22.2. The molecule has 2 amide bonds.